The molecule has 1 N–H and O–H groups in total. The Labute approximate surface area is 132 Å². The maximum atomic E-state index is 12.3. The number of hydrogen-bond acceptors (Lipinski definition) is 2. The lowest BCUT2D eigenvalue weighted by atomic mass is 10.1. The lowest BCUT2D eigenvalue weighted by molar-refractivity contribution is 0.102. The smallest absolute Gasteiger partial charge is 0.255 e. The van der Waals surface area contributed by atoms with E-state index in [1.54, 1.807) is 25.3 Å². The van der Waals surface area contributed by atoms with Crippen molar-refractivity contribution in [3.63, 3.8) is 0 Å². The van der Waals surface area contributed by atoms with Crippen LogP contribution in [-0.2, 0) is 6.42 Å². The number of allylic oxidation sites excluding steroid dienone is 1. The molecule has 0 unspecified atom stereocenters. The molecule has 0 bridgehead atoms. The minimum atomic E-state index is -0.152. The molecule has 4 heteroatoms. The van der Waals surface area contributed by atoms with Crippen LogP contribution in [0.2, 0.25) is 0 Å². The number of anilines is 1. The number of carbonyl (C=O) groups is 1. The zero-order chi connectivity index (χ0) is 15.2. The molecule has 3 nitrogen and oxygen atoms in total. The van der Waals surface area contributed by atoms with Gasteiger partial charge in [0.1, 0.15) is 5.75 Å². The molecule has 0 radical (unpaired) electrons. The standard InChI is InChI=1S/C17H16BrNO2/c1-3-5-12-10-13(8-9-16(12)21-2)17(20)19-15-7-4-6-14(18)11-15/h3-4,6-11H,1,5H2,2H3,(H,19,20). The molecule has 0 aliphatic rings. The Kier molecular flexibility index (Phi) is 5.17. The predicted octanol–water partition coefficient (Wildman–Crippen LogP) is 4.44. The van der Waals surface area contributed by atoms with E-state index in [9.17, 15) is 4.79 Å². The quantitative estimate of drug-likeness (QED) is 0.813. The van der Waals surface area contributed by atoms with Gasteiger partial charge in [0, 0.05) is 15.7 Å². The van der Waals surface area contributed by atoms with E-state index in [1.165, 1.54) is 0 Å². The maximum absolute atomic E-state index is 12.3. The minimum Gasteiger partial charge on any atom is -0.496 e. The molecule has 1 amide bonds. The van der Waals surface area contributed by atoms with Crippen LogP contribution >= 0.6 is 15.9 Å². The number of hydrogen-bond donors (Lipinski definition) is 1. The first-order chi connectivity index (χ1) is 10.1. The third kappa shape index (κ3) is 3.95. The first kappa shape index (κ1) is 15.3. The van der Waals surface area contributed by atoms with E-state index in [4.69, 9.17) is 4.74 Å². The number of amides is 1. The summed E-state index contributed by atoms with van der Waals surface area (Å²) in [6.07, 6.45) is 2.44. The fourth-order valence-corrected chi connectivity index (χ4v) is 2.40. The van der Waals surface area contributed by atoms with Crippen LogP contribution in [-0.4, -0.2) is 13.0 Å². The summed E-state index contributed by atoms with van der Waals surface area (Å²) in [5.41, 5.74) is 2.28. The van der Waals surface area contributed by atoms with Crippen molar-refractivity contribution in [3.05, 3.63) is 70.7 Å². The average molecular weight is 346 g/mol. The highest BCUT2D eigenvalue weighted by Crippen LogP contribution is 2.22. The lowest BCUT2D eigenvalue weighted by Gasteiger charge is -2.10. The van der Waals surface area contributed by atoms with E-state index in [1.807, 2.05) is 30.3 Å². The molecule has 0 fully saturated rings. The molecule has 0 spiro atoms. The zero-order valence-corrected chi connectivity index (χ0v) is 13.3. The molecule has 2 aromatic rings. The summed E-state index contributed by atoms with van der Waals surface area (Å²) in [5, 5.41) is 2.87. The van der Waals surface area contributed by atoms with Crippen molar-refractivity contribution in [3.8, 4) is 5.75 Å². The lowest BCUT2D eigenvalue weighted by Crippen LogP contribution is -2.12. The van der Waals surface area contributed by atoms with Gasteiger partial charge in [0.05, 0.1) is 7.11 Å². The molecule has 0 heterocycles. The van der Waals surface area contributed by atoms with E-state index < -0.39 is 0 Å². The molecule has 2 aromatic carbocycles. The summed E-state index contributed by atoms with van der Waals surface area (Å²) < 4.78 is 6.20. The summed E-state index contributed by atoms with van der Waals surface area (Å²) in [5.74, 6) is 0.606. The number of ether oxygens (including phenoxy) is 1. The molecular formula is C17H16BrNO2. The van der Waals surface area contributed by atoms with Gasteiger partial charge in [-0.25, -0.2) is 0 Å². The van der Waals surface area contributed by atoms with Gasteiger partial charge in [0.25, 0.3) is 5.91 Å². The topological polar surface area (TPSA) is 38.3 Å². The third-order valence-electron chi connectivity index (χ3n) is 2.99. The van der Waals surface area contributed by atoms with Gasteiger partial charge in [-0.1, -0.05) is 28.1 Å². The molecular weight excluding hydrogens is 330 g/mol. The Bertz CT molecular complexity index is 668. The molecule has 0 atom stereocenters. The van der Waals surface area contributed by atoms with Crippen molar-refractivity contribution >= 4 is 27.5 Å². The van der Waals surface area contributed by atoms with E-state index in [0.717, 1.165) is 21.5 Å². The van der Waals surface area contributed by atoms with Crippen LogP contribution < -0.4 is 10.1 Å². The van der Waals surface area contributed by atoms with Gasteiger partial charge in [-0.05, 0) is 48.4 Å². The van der Waals surface area contributed by atoms with E-state index in [0.29, 0.717) is 12.0 Å². The van der Waals surface area contributed by atoms with Gasteiger partial charge in [0.2, 0.25) is 0 Å². The number of halogens is 1. The normalized spacial score (nSPS) is 10.0. The largest absolute Gasteiger partial charge is 0.496 e. The molecule has 0 aliphatic carbocycles. The second-order valence-electron chi connectivity index (χ2n) is 4.48. The van der Waals surface area contributed by atoms with E-state index in [-0.39, 0.29) is 5.91 Å². The fraction of sp³-hybridized carbons (Fsp3) is 0.118. The number of rotatable bonds is 5. The Morgan fingerprint density at radius 3 is 2.81 bits per heavy atom. The van der Waals surface area contributed by atoms with Crippen LogP contribution in [0.25, 0.3) is 0 Å². The molecule has 0 aromatic heterocycles. The SMILES string of the molecule is C=CCc1cc(C(=O)Nc2cccc(Br)c2)ccc1OC. The molecule has 21 heavy (non-hydrogen) atoms. The summed E-state index contributed by atoms with van der Waals surface area (Å²) in [6.45, 7) is 3.72. The van der Waals surface area contributed by atoms with Gasteiger partial charge < -0.3 is 10.1 Å². The van der Waals surface area contributed by atoms with Crippen molar-refractivity contribution in [2.45, 2.75) is 6.42 Å². The average Bonchev–Trinajstić information content (AvgIpc) is 2.47. The molecule has 108 valence electrons. The van der Waals surface area contributed by atoms with E-state index >= 15 is 0 Å². The Morgan fingerprint density at radius 2 is 2.14 bits per heavy atom. The number of methoxy groups -OCH3 is 1. The van der Waals surface area contributed by atoms with Gasteiger partial charge in [-0.2, -0.15) is 0 Å². The number of nitrogens with one attached hydrogen (secondary N) is 1. The summed E-state index contributed by atoms with van der Waals surface area (Å²) >= 11 is 3.38. The van der Waals surface area contributed by atoms with Gasteiger partial charge in [-0.3, -0.25) is 4.79 Å². The van der Waals surface area contributed by atoms with Crippen molar-refractivity contribution in [1.82, 2.24) is 0 Å². The van der Waals surface area contributed by atoms with Crippen LogP contribution in [0, 0.1) is 0 Å². The first-order valence-corrected chi connectivity index (χ1v) is 7.28. The monoisotopic (exact) mass is 345 g/mol. The van der Waals surface area contributed by atoms with Gasteiger partial charge in [0.15, 0.2) is 0 Å². The summed E-state index contributed by atoms with van der Waals surface area (Å²) in [7, 11) is 1.61. The second-order valence-corrected chi connectivity index (χ2v) is 5.40. The molecule has 2 rings (SSSR count). The van der Waals surface area contributed by atoms with Crippen molar-refractivity contribution in [1.29, 1.82) is 0 Å². The number of benzene rings is 2. The van der Waals surface area contributed by atoms with Crippen molar-refractivity contribution in [2.75, 3.05) is 12.4 Å². The van der Waals surface area contributed by atoms with Gasteiger partial charge in [-0.15, -0.1) is 6.58 Å². The molecule has 0 saturated heterocycles. The first-order valence-electron chi connectivity index (χ1n) is 6.48. The highest BCUT2D eigenvalue weighted by Gasteiger charge is 2.10. The molecule has 0 saturated carbocycles. The van der Waals surface area contributed by atoms with Crippen LogP contribution in [0.1, 0.15) is 15.9 Å². The van der Waals surface area contributed by atoms with Crippen LogP contribution in [0.3, 0.4) is 0 Å². The number of carbonyl (C=O) groups excluding carboxylic acids is 1. The third-order valence-corrected chi connectivity index (χ3v) is 3.48. The Hall–Kier alpha value is -2.07. The predicted molar refractivity (Wildman–Crippen MR) is 89.0 cm³/mol. The van der Waals surface area contributed by atoms with Crippen LogP contribution in [0.4, 0.5) is 5.69 Å². The zero-order valence-electron chi connectivity index (χ0n) is 11.7. The van der Waals surface area contributed by atoms with E-state index in [2.05, 4.69) is 27.8 Å². The summed E-state index contributed by atoms with van der Waals surface area (Å²) in [6, 6.07) is 12.9. The van der Waals surface area contributed by atoms with Crippen molar-refractivity contribution in [2.24, 2.45) is 0 Å². The van der Waals surface area contributed by atoms with Crippen LogP contribution in [0.5, 0.6) is 5.75 Å². The highest BCUT2D eigenvalue weighted by atomic mass is 79.9. The Morgan fingerprint density at radius 1 is 1.33 bits per heavy atom. The summed E-state index contributed by atoms with van der Waals surface area (Å²) in [4.78, 5) is 12.3. The van der Waals surface area contributed by atoms with Crippen LogP contribution in [0.15, 0.2) is 59.6 Å². The van der Waals surface area contributed by atoms with Gasteiger partial charge >= 0.3 is 0 Å². The maximum Gasteiger partial charge on any atom is 0.255 e. The Balaban J connectivity index is 2.22. The molecule has 0 aliphatic heterocycles. The van der Waals surface area contributed by atoms with Crippen molar-refractivity contribution < 1.29 is 9.53 Å². The minimum absolute atomic E-state index is 0.152. The fourth-order valence-electron chi connectivity index (χ4n) is 2.00. The second kappa shape index (κ2) is 7.09. The highest BCUT2D eigenvalue weighted by molar-refractivity contribution is 9.10.